The normalized spacial score (nSPS) is 16.5. The number of fused-ring (bicyclic) bond motifs is 1. The molecule has 122 valence electrons. The number of hydrogen-bond donors (Lipinski definition) is 0. The predicted octanol–water partition coefficient (Wildman–Crippen LogP) is 2.23. The molecule has 6 nitrogen and oxygen atoms in total. The predicted molar refractivity (Wildman–Crippen MR) is 83.9 cm³/mol. The molecule has 2 aromatic rings. The maximum absolute atomic E-state index is 12.8. The molecule has 1 aromatic heterocycles. The highest BCUT2D eigenvalue weighted by molar-refractivity contribution is 5.79. The average Bonchev–Trinajstić information content (AvgIpc) is 3.06. The lowest BCUT2D eigenvalue weighted by molar-refractivity contribution is -0.137. The maximum Gasteiger partial charge on any atom is 0.246 e. The van der Waals surface area contributed by atoms with E-state index in [0.29, 0.717) is 37.8 Å². The molecule has 6 heteroatoms. The zero-order valence-electron chi connectivity index (χ0n) is 13.5. The molecule has 0 saturated heterocycles. The van der Waals surface area contributed by atoms with Gasteiger partial charge >= 0.3 is 0 Å². The van der Waals surface area contributed by atoms with Crippen LogP contribution in [0.15, 0.2) is 28.8 Å². The molecule has 0 aliphatic carbocycles. The van der Waals surface area contributed by atoms with E-state index in [1.165, 1.54) is 0 Å². The maximum atomic E-state index is 12.8. The Kier molecular flexibility index (Phi) is 4.60. The van der Waals surface area contributed by atoms with Crippen molar-refractivity contribution >= 4 is 5.91 Å². The fourth-order valence-corrected chi connectivity index (χ4v) is 2.75. The summed E-state index contributed by atoms with van der Waals surface area (Å²) in [4.78, 5) is 18.8. The lowest BCUT2D eigenvalue weighted by atomic mass is 9.95. The third-order valence-electron chi connectivity index (χ3n) is 4.07. The molecular formula is C17H21N3O3. The summed E-state index contributed by atoms with van der Waals surface area (Å²) in [5, 5.41) is 3.87. The van der Waals surface area contributed by atoms with Crippen LogP contribution < -0.4 is 4.74 Å². The zero-order valence-corrected chi connectivity index (χ0v) is 13.5. The monoisotopic (exact) mass is 315 g/mol. The van der Waals surface area contributed by atoms with Crippen molar-refractivity contribution < 1.29 is 14.1 Å². The minimum Gasteiger partial charge on any atom is -0.492 e. The molecule has 1 atom stereocenters. The van der Waals surface area contributed by atoms with Gasteiger partial charge in [-0.2, -0.15) is 4.98 Å². The summed E-state index contributed by atoms with van der Waals surface area (Å²) in [5.74, 6) is 1.92. The molecule has 0 radical (unpaired) electrons. The van der Waals surface area contributed by atoms with Crippen LogP contribution in [0, 0.1) is 5.92 Å². The van der Waals surface area contributed by atoms with Crippen molar-refractivity contribution in [1.82, 2.24) is 15.0 Å². The lowest BCUT2D eigenvalue weighted by Gasteiger charge is -2.29. The second-order valence-corrected chi connectivity index (χ2v) is 5.63. The summed E-state index contributed by atoms with van der Waals surface area (Å²) >= 11 is 0. The van der Waals surface area contributed by atoms with Crippen LogP contribution in [0.5, 0.6) is 5.75 Å². The largest absolute Gasteiger partial charge is 0.492 e. The summed E-state index contributed by atoms with van der Waals surface area (Å²) < 4.78 is 10.9. The van der Waals surface area contributed by atoms with E-state index in [0.717, 1.165) is 17.7 Å². The Bertz CT molecular complexity index is 683. The number of amides is 1. The minimum atomic E-state index is -0.168. The molecule has 1 amide bonds. The molecule has 1 aromatic carbocycles. The van der Waals surface area contributed by atoms with E-state index in [9.17, 15) is 4.79 Å². The van der Waals surface area contributed by atoms with Crippen LogP contribution in [0.4, 0.5) is 0 Å². The molecular weight excluding hydrogens is 294 g/mol. The molecule has 0 N–H and O–H groups in total. The quantitative estimate of drug-likeness (QED) is 0.846. The Hall–Kier alpha value is -2.37. The number of nitrogens with zero attached hydrogens (tertiary/aromatic N) is 3. The van der Waals surface area contributed by atoms with Crippen molar-refractivity contribution in [2.45, 2.75) is 33.2 Å². The molecule has 0 saturated carbocycles. The lowest BCUT2D eigenvalue weighted by Crippen LogP contribution is -2.40. The first kappa shape index (κ1) is 15.5. The molecule has 3 rings (SSSR count). The summed E-state index contributed by atoms with van der Waals surface area (Å²) in [6.07, 6.45) is 1.42. The van der Waals surface area contributed by atoms with Crippen LogP contribution in [0.3, 0.4) is 0 Å². The van der Waals surface area contributed by atoms with Crippen molar-refractivity contribution in [3.63, 3.8) is 0 Å². The fourth-order valence-electron chi connectivity index (χ4n) is 2.75. The Morgan fingerprint density at radius 2 is 2.17 bits per heavy atom. The topological polar surface area (TPSA) is 68.5 Å². The number of para-hydroxylation sites is 1. The van der Waals surface area contributed by atoms with E-state index in [4.69, 9.17) is 9.26 Å². The highest BCUT2D eigenvalue weighted by atomic mass is 16.5. The van der Waals surface area contributed by atoms with Gasteiger partial charge in [-0.05, 0) is 25.0 Å². The SMILES string of the molecule is CCc1noc(CN(CC)C(=O)[C@@H]2COc3ccccc3C2)n1. The van der Waals surface area contributed by atoms with Crippen LogP contribution in [-0.2, 0) is 24.2 Å². The highest BCUT2D eigenvalue weighted by Crippen LogP contribution is 2.27. The van der Waals surface area contributed by atoms with E-state index in [1.807, 2.05) is 38.1 Å². The van der Waals surface area contributed by atoms with Gasteiger partial charge in [0, 0.05) is 13.0 Å². The van der Waals surface area contributed by atoms with E-state index in [1.54, 1.807) is 4.90 Å². The van der Waals surface area contributed by atoms with Crippen LogP contribution in [0.25, 0.3) is 0 Å². The third kappa shape index (κ3) is 3.36. The average molecular weight is 315 g/mol. The van der Waals surface area contributed by atoms with Gasteiger partial charge in [0.25, 0.3) is 0 Å². The van der Waals surface area contributed by atoms with Gasteiger partial charge in [-0.15, -0.1) is 0 Å². The first-order valence-electron chi connectivity index (χ1n) is 8.02. The fraction of sp³-hybridized carbons (Fsp3) is 0.471. The molecule has 2 heterocycles. The number of rotatable bonds is 5. The number of ether oxygens (including phenoxy) is 1. The second kappa shape index (κ2) is 6.81. The number of carbonyl (C=O) groups excluding carboxylic acids is 1. The van der Waals surface area contributed by atoms with Gasteiger partial charge in [-0.25, -0.2) is 0 Å². The van der Waals surface area contributed by atoms with Crippen molar-refractivity contribution in [2.75, 3.05) is 13.2 Å². The number of hydrogen-bond acceptors (Lipinski definition) is 5. The molecule has 1 aliphatic rings. The smallest absolute Gasteiger partial charge is 0.246 e. The Morgan fingerprint density at radius 3 is 2.91 bits per heavy atom. The summed E-state index contributed by atoms with van der Waals surface area (Å²) in [6, 6.07) is 7.87. The van der Waals surface area contributed by atoms with Crippen LogP contribution in [-0.4, -0.2) is 34.1 Å². The molecule has 0 bridgehead atoms. The summed E-state index contributed by atoms with van der Waals surface area (Å²) in [7, 11) is 0. The Morgan fingerprint density at radius 1 is 1.35 bits per heavy atom. The Balaban J connectivity index is 1.68. The van der Waals surface area contributed by atoms with E-state index < -0.39 is 0 Å². The van der Waals surface area contributed by atoms with Crippen molar-refractivity contribution in [3.05, 3.63) is 41.5 Å². The molecule has 0 spiro atoms. The van der Waals surface area contributed by atoms with E-state index in [-0.39, 0.29) is 11.8 Å². The number of aromatic nitrogens is 2. The van der Waals surface area contributed by atoms with Gasteiger partial charge < -0.3 is 14.2 Å². The first-order valence-corrected chi connectivity index (χ1v) is 8.02. The minimum absolute atomic E-state index is 0.0678. The van der Waals surface area contributed by atoms with Gasteiger partial charge in [0.1, 0.15) is 12.4 Å². The van der Waals surface area contributed by atoms with Gasteiger partial charge in [0.05, 0.1) is 12.5 Å². The standard InChI is InChI=1S/C17H21N3O3/c1-3-15-18-16(23-19-15)10-20(4-2)17(21)13-9-12-7-5-6-8-14(12)22-11-13/h5-8,13H,3-4,9-11H2,1-2H3/t13-/m0/s1. The molecule has 23 heavy (non-hydrogen) atoms. The zero-order chi connectivity index (χ0) is 16.2. The van der Waals surface area contributed by atoms with E-state index in [2.05, 4.69) is 10.1 Å². The van der Waals surface area contributed by atoms with Crippen LogP contribution in [0.2, 0.25) is 0 Å². The summed E-state index contributed by atoms with van der Waals surface area (Å²) in [6.45, 7) is 5.28. The van der Waals surface area contributed by atoms with Crippen LogP contribution >= 0.6 is 0 Å². The molecule has 0 unspecified atom stereocenters. The van der Waals surface area contributed by atoms with Crippen molar-refractivity contribution in [3.8, 4) is 5.75 Å². The Labute approximate surface area is 135 Å². The first-order chi connectivity index (χ1) is 11.2. The third-order valence-corrected chi connectivity index (χ3v) is 4.07. The van der Waals surface area contributed by atoms with Gasteiger partial charge in [-0.1, -0.05) is 30.3 Å². The number of aryl methyl sites for hydroxylation is 1. The van der Waals surface area contributed by atoms with E-state index >= 15 is 0 Å². The summed E-state index contributed by atoms with van der Waals surface area (Å²) in [5.41, 5.74) is 1.08. The van der Waals surface area contributed by atoms with Crippen molar-refractivity contribution in [1.29, 1.82) is 0 Å². The number of carbonyl (C=O) groups is 1. The number of benzene rings is 1. The van der Waals surface area contributed by atoms with Crippen molar-refractivity contribution in [2.24, 2.45) is 5.92 Å². The molecule has 1 aliphatic heterocycles. The van der Waals surface area contributed by atoms with Gasteiger partial charge in [0.2, 0.25) is 11.8 Å². The van der Waals surface area contributed by atoms with Gasteiger partial charge in [0.15, 0.2) is 5.82 Å². The van der Waals surface area contributed by atoms with Gasteiger partial charge in [-0.3, -0.25) is 4.79 Å². The molecule has 0 fully saturated rings. The second-order valence-electron chi connectivity index (χ2n) is 5.63. The van der Waals surface area contributed by atoms with Crippen LogP contribution in [0.1, 0.15) is 31.1 Å². The highest BCUT2D eigenvalue weighted by Gasteiger charge is 2.29.